The lowest BCUT2D eigenvalue weighted by molar-refractivity contribution is -0.142. The van der Waals surface area contributed by atoms with Gasteiger partial charge in [-0.15, -0.1) is 0 Å². The van der Waals surface area contributed by atoms with Crippen molar-refractivity contribution in [1.29, 1.82) is 0 Å². The van der Waals surface area contributed by atoms with Gasteiger partial charge in [-0.2, -0.15) is 0 Å². The summed E-state index contributed by atoms with van der Waals surface area (Å²) in [5, 5.41) is 11.7. The molecular weight excluding hydrogens is 232 g/mol. The van der Waals surface area contributed by atoms with Gasteiger partial charge in [0.05, 0.1) is 0 Å². The Morgan fingerprint density at radius 1 is 1.33 bits per heavy atom. The fourth-order valence-corrected chi connectivity index (χ4v) is 2.50. The van der Waals surface area contributed by atoms with Crippen LogP contribution in [0.3, 0.4) is 0 Å². The van der Waals surface area contributed by atoms with Crippen LogP contribution < -0.4 is 11.1 Å². The lowest BCUT2D eigenvalue weighted by atomic mass is 9.81. The van der Waals surface area contributed by atoms with Crippen LogP contribution in [-0.4, -0.2) is 29.6 Å². The molecular formula is C13H24N2O3. The van der Waals surface area contributed by atoms with Gasteiger partial charge in [0.1, 0.15) is 6.04 Å². The van der Waals surface area contributed by atoms with Gasteiger partial charge in [-0.05, 0) is 44.6 Å². The molecule has 1 aliphatic carbocycles. The average Bonchev–Trinajstić information content (AvgIpc) is 2.38. The zero-order chi connectivity index (χ0) is 13.5. The molecule has 1 saturated carbocycles. The zero-order valence-corrected chi connectivity index (χ0v) is 11.0. The number of nitrogens with one attached hydrogen (secondary N) is 1. The number of carbonyl (C=O) groups is 2. The summed E-state index contributed by atoms with van der Waals surface area (Å²) >= 11 is 0. The quantitative estimate of drug-likeness (QED) is 0.664. The first-order valence-corrected chi connectivity index (χ1v) is 6.81. The minimum Gasteiger partial charge on any atom is -0.480 e. The number of nitrogens with two attached hydrogens (primary N) is 1. The molecule has 0 bridgehead atoms. The predicted molar refractivity (Wildman–Crippen MR) is 69.0 cm³/mol. The van der Waals surface area contributed by atoms with E-state index < -0.39 is 12.0 Å². The van der Waals surface area contributed by atoms with Crippen LogP contribution in [0.2, 0.25) is 0 Å². The Labute approximate surface area is 108 Å². The van der Waals surface area contributed by atoms with E-state index >= 15 is 0 Å². The first kappa shape index (κ1) is 15.0. The third-order valence-electron chi connectivity index (χ3n) is 3.74. The number of amides is 1. The number of hydrogen-bond acceptors (Lipinski definition) is 3. The number of hydrogen-bond donors (Lipinski definition) is 3. The fraction of sp³-hybridized carbons (Fsp3) is 0.846. The first-order valence-electron chi connectivity index (χ1n) is 6.81. The Morgan fingerprint density at radius 3 is 2.39 bits per heavy atom. The van der Waals surface area contributed by atoms with Crippen molar-refractivity contribution in [3.63, 3.8) is 0 Å². The minimum absolute atomic E-state index is 0.0356. The van der Waals surface area contributed by atoms with Crippen molar-refractivity contribution >= 4 is 11.9 Å². The van der Waals surface area contributed by atoms with Gasteiger partial charge in [-0.25, -0.2) is 4.79 Å². The Kier molecular flexibility index (Phi) is 6.12. The van der Waals surface area contributed by atoms with Crippen LogP contribution in [-0.2, 0) is 9.59 Å². The lowest BCUT2D eigenvalue weighted by Crippen LogP contribution is -2.44. The van der Waals surface area contributed by atoms with E-state index in [1.807, 2.05) is 6.92 Å². The maximum absolute atomic E-state index is 12.0. The molecule has 1 atom stereocenters. The van der Waals surface area contributed by atoms with E-state index in [0.29, 0.717) is 18.9 Å². The highest BCUT2D eigenvalue weighted by Crippen LogP contribution is 2.28. The van der Waals surface area contributed by atoms with Crippen LogP contribution >= 0.6 is 0 Å². The van der Waals surface area contributed by atoms with Crippen molar-refractivity contribution < 1.29 is 14.7 Å². The van der Waals surface area contributed by atoms with Gasteiger partial charge in [0.15, 0.2) is 0 Å². The number of carboxylic acid groups (broad SMARTS) is 1. The molecule has 1 aliphatic rings. The molecule has 0 aromatic carbocycles. The Hall–Kier alpha value is -1.10. The van der Waals surface area contributed by atoms with Crippen molar-refractivity contribution in [1.82, 2.24) is 5.32 Å². The standard InChI is InChI=1S/C13H24N2O3/c1-2-3-11(13(17)18)15-12(16)10-6-4-9(8-14)5-7-10/h9-11H,2-8,14H2,1H3,(H,15,16)(H,17,18)/t9?,10?,11-/m0/s1. The molecule has 0 aromatic heterocycles. The smallest absolute Gasteiger partial charge is 0.326 e. The second-order valence-electron chi connectivity index (χ2n) is 5.14. The van der Waals surface area contributed by atoms with E-state index in [1.165, 1.54) is 0 Å². The molecule has 0 heterocycles. The molecule has 5 nitrogen and oxygen atoms in total. The summed E-state index contributed by atoms with van der Waals surface area (Å²) in [6.45, 7) is 2.59. The van der Waals surface area contributed by atoms with Crippen LogP contribution in [0.1, 0.15) is 45.4 Å². The molecule has 0 spiro atoms. The van der Waals surface area contributed by atoms with E-state index in [4.69, 9.17) is 10.8 Å². The third-order valence-corrected chi connectivity index (χ3v) is 3.74. The van der Waals surface area contributed by atoms with Gasteiger partial charge in [0, 0.05) is 5.92 Å². The predicted octanol–water partition coefficient (Wildman–Crippen LogP) is 1.12. The molecule has 1 rings (SSSR count). The number of carbonyl (C=O) groups excluding carboxylic acids is 1. The Balaban J connectivity index is 2.42. The van der Waals surface area contributed by atoms with Gasteiger partial charge >= 0.3 is 5.97 Å². The Bertz CT molecular complexity index is 286. The molecule has 104 valence electrons. The monoisotopic (exact) mass is 256 g/mol. The number of carboxylic acids is 1. The summed E-state index contributed by atoms with van der Waals surface area (Å²) in [6, 6.07) is -0.741. The molecule has 1 amide bonds. The van der Waals surface area contributed by atoms with Crippen LogP contribution in [0.4, 0.5) is 0 Å². The normalized spacial score (nSPS) is 25.4. The molecule has 4 N–H and O–H groups in total. The SMILES string of the molecule is CCC[C@H](NC(=O)C1CCC(CN)CC1)C(=O)O. The second kappa shape index (κ2) is 7.36. The minimum atomic E-state index is -0.944. The van der Waals surface area contributed by atoms with Crippen LogP contribution in [0.5, 0.6) is 0 Å². The Morgan fingerprint density at radius 2 is 1.94 bits per heavy atom. The van der Waals surface area contributed by atoms with Crippen LogP contribution in [0.25, 0.3) is 0 Å². The van der Waals surface area contributed by atoms with Gasteiger partial charge < -0.3 is 16.2 Å². The summed E-state index contributed by atoms with van der Waals surface area (Å²) < 4.78 is 0. The van der Waals surface area contributed by atoms with E-state index in [-0.39, 0.29) is 11.8 Å². The third kappa shape index (κ3) is 4.29. The lowest BCUT2D eigenvalue weighted by Gasteiger charge is -2.27. The van der Waals surface area contributed by atoms with Crippen molar-refractivity contribution in [2.24, 2.45) is 17.6 Å². The average molecular weight is 256 g/mol. The summed E-state index contributed by atoms with van der Waals surface area (Å²) in [4.78, 5) is 23.0. The highest BCUT2D eigenvalue weighted by molar-refractivity contribution is 5.84. The summed E-state index contributed by atoms with van der Waals surface area (Å²) in [5.41, 5.74) is 5.61. The van der Waals surface area contributed by atoms with Crippen LogP contribution in [0.15, 0.2) is 0 Å². The highest BCUT2D eigenvalue weighted by Gasteiger charge is 2.28. The van der Waals surface area contributed by atoms with E-state index in [2.05, 4.69) is 5.32 Å². The molecule has 0 aliphatic heterocycles. The number of rotatable bonds is 6. The molecule has 18 heavy (non-hydrogen) atoms. The molecule has 0 aromatic rings. The highest BCUT2D eigenvalue weighted by atomic mass is 16.4. The van der Waals surface area contributed by atoms with E-state index in [9.17, 15) is 9.59 Å². The van der Waals surface area contributed by atoms with Crippen LogP contribution in [0, 0.1) is 11.8 Å². The molecule has 0 saturated heterocycles. The maximum atomic E-state index is 12.0. The molecule has 5 heteroatoms. The van der Waals surface area contributed by atoms with E-state index in [1.54, 1.807) is 0 Å². The first-order chi connectivity index (χ1) is 8.58. The maximum Gasteiger partial charge on any atom is 0.326 e. The second-order valence-corrected chi connectivity index (χ2v) is 5.14. The van der Waals surface area contributed by atoms with Gasteiger partial charge in [0.2, 0.25) is 5.91 Å². The van der Waals surface area contributed by atoms with Gasteiger partial charge in [0.25, 0.3) is 0 Å². The summed E-state index contributed by atoms with van der Waals surface area (Å²) in [5.74, 6) is -0.557. The largest absolute Gasteiger partial charge is 0.480 e. The van der Waals surface area contributed by atoms with Crippen molar-refractivity contribution in [3.05, 3.63) is 0 Å². The van der Waals surface area contributed by atoms with Gasteiger partial charge in [-0.1, -0.05) is 13.3 Å². The van der Waals surface area contributed by atoms with Crippen molar-refractivity contribution in [2.45, 2.75) is 51.5 Å². The summed E-state index contributed by atoms with van der Waals surface area (Å²) in [6.07, 6.45) is 4.83. The fourth-order valence-electron chi connectivity index (χ4n) is 2.50. The van der Waals surface area contributed by atoms with E-state index in [0.717, 1.165) is 32.1 Å². The topological polar surface area (TPSA) is 92.4 Å². The zero-order valence-electron chi connectivity index (χ0n) is 11.0. The molecule has 0 unspecified atom stereocenters. The molecule has 0 radical (unpaired) electrons. The molecule has 1 fully saturated rings. The van der Waals surface area contributed by atoms with Crippen molar-refractivity contribution in [3.8, 4) is 0 Å². The van der Waals surface area contributed by atoms with Gasteiger partial charge in [-0.3, -0.25) is 4.79 Å². The summed E-state index contributed by atoms with van der Waals surface area (Å²) in [7, 11) is 0. The number of aliphatic carboxylic acids is 1. The van der Waals surface area contributed by atoms with Crippen molar-refractivity contribution in [2.75, 3.05) is 6.54 Å².